The zero-order valence-electron chi connectivity index (χ0n) is 13.1. The van der Waals surface area contributed by atoms with E-state index in [1.165, 1.54) is 9.30 Å². The van der Waals surface area contributed by atoms with Crippen LogP contribution in [0.3, 0.4) is 0 Å². The molecule has 1 aliphatic heterocycles. The van der Waals surface area contributed by atoms with Crippen LogP contribution in [0.5, 0.6) is 0 Å². The minimum absolute atomic E-state index is 0.127. The number of imidazole rings is 1. The molecule has 0 bridgehead atoms. The van der Waals surface area contributed by atoms with Crippen molar-refractivity contribution in [3.05, 3.63) is 70.9 Å². The zero-order chi connectivity index (χ0) is 16.8. The van der Waals surface area contributed by atoms with Gasteiger partial charge in [-0.2, -0.15) is 4.39 Å². The lowest BCUT2D eigenvalue weighted by Crippen LogP contribution is -2.38. The highest BCUT2D eigenvalue weighted by atomic mass is 19.1. The van der Waals surface area contributed by atoms with Crippen molar-refractivity contribution in [2.24, 2.45) is 0 Å². The first-order valence-corrected chi connectivity index (χ1v) is 7.74. The number of fused-ring (bicyclic) bond motifs is 2. The normalized spacial score (nSPS) is 17.1. The summed E-state index contributed by atoms with van der Waals surface area (Å²) in [5.41, 5.74) is 2.68. The van der Waals surface area contributed by atoms with Crippen molar-refractivity contribution in [3.63, 3.8) is 0 Å². The first-order valence-electron chi connectivity index (χ1n) is 7.74. The average molecular weight is 325 g/mol. The topological polar surface area (TPSA) is 57.8 Å². The molecule has 2 aromatic heterocycles. The molecule has 1 atom stereocenters. The molecule has 0 fully saturated rings. The Morgan fingerprint density at radius 2 is 2.08 bits per heavy atom. The number of nitrogens with zero attached hydrogens (tertiary/aromatic N) is 3. The SMILES string of the molecule is Cc1cccn2c(F)c(C(=O)N3Cc4ccccc4[C@H](O)C3)nc12. The van der Waals surface area contributed by atoms with Gasteiger partial charge in [0.25, 0.3) is 5.91 Å². The molecule has 0 spiro atoms. The lowest BCUT2D eigenvalue weighted by Gasteiger charge is -2.31. The van der Waals surface area contributed by atoms with Gasteiger partial charge in [-0.25, -0.2) is 4.98 Å². The van der Waals surface area contributed by atoms with E-state index in [1.807, 2.05) is 37.3 Å². The molecule has 0 aliphatic carbocycles. The molecule has 0 unspecified atom stereocenters. The van der Waals surface area contributed by atoms with Crippen LogP contribution in [0.2, 0.25) is 0 Å². The van der Waals surface area contributed by atoms with Gasteiger partial charge in [-0.15, -0.1) is 0 Å². The fraction of sp³-hybridized carbons (Fsp3) is 0.222. The summed E-state index contributed by atoms with van der Waals surface area (Å²) in [4.78, 5) is 18.4. The zero-order valence-corrected chi connectivity index (χ0v) is 13.1. The molecule has 1 aromatic carbocycles. The maximum absolute atomic E-state index is 14.6. The summed E-state index contributed by atoms with van der Waals surface area (Å²) in [6, 6.07) is 10.9. The summed E-state index contributed by atoms with van der Waals surface area (Å²) in [5, 5.41) is 10.3. The predicted molar refractivity (Wildman–Crippen MR) is 86.0 cm³/mol. The second kappa shape index (κ2) is 5.42. The Morgan fingerprint density at radius 3 is 2.88 bits per heavy atom. The number of aliphatic hydroxyl groups excluding tert-OH is 1. The molecule has 1 N–H and O–H groups in total. The van der Waals surface area contributed by atoms with Gasteiger partial charge in [0.1, 0.15) is 5.65 Å². The second-order valence-electron chi connectivity index (χ2n) is 6.04. The smallest absolute Gasteiger partial charge is 0.277 e. The predicted octanol–water partition coefficient (Wildman–Crippen LogP) is 2.47. The lowest BCUT2D eigenvalue weighted by molar-refractivity contribution is 0.0540. The first kappa shape index (κ1) is 14.8. The monoisotopic (exact) mass is 325 g/mol. The van der Waals surface area contributed by atoms with Crippen molar-refractivity contribution in [2.45, 2.75) is 19.6 Å². The quantitative estimate of drug-likeness (QED) is 0.748. The van der Waals surface area contributed by atoms with Crippen LogP contribution < -0.4 is 0 Å². The Morgan fingerprint density at radius 1 is 1.29 bits per heavy atom. The second-order valence-corrected chi connectivity index (χ2v) is 6.04. The number of hydrogen-bond donors (Lipinski definition) is 1. The molecule has 122 valence electrons. The van der Waals surface area contributed by atoms with E-state index in [4.69, 9.17) is 0 Å². The van der Waals surface area contributed by atoms with Crippen molar-refractivity contribution in [1.82, 2.24) is 14.3 Å². The average Bonchev–Trinajstić information content (AvgIpc) is 2.93. The van der Waals surface area contributed by atoms with Gasteiger partial charge < -0.3 is 10.0 Å². The third-order valence-corrected chi connectivity index (χ3v) is 4.45. The van der Waals surface area contributed by atoms with Crippen LogP contribution in [-0.4, -0.2) is 31.8 Å². The van der Waals surface area contributed by atoms with Crippen molar-refractivity contribution < 1.29 is 14.3 Å². The van der Waals surface area contributed by atoms with E-state index in [-0.39, 0.29) is 12.2 Å². The van der Waals surface area contributed by atoms with Gasteiger partial charge in [0.15, 0.2) is 5.69 Å². The van der Waals surface area contributed by atoms with Crippen LogP contribution in [0.1, 0.15) is 33.3 Å². The Hall–Kier alpha value is -2.73. The van der Waals surface area contributed by atoms with E-state index < -0.39 is 18.0 Å². The molecule has 6 heteroatoms. The van der Waals surface area contributed by atoms with Crippen LogP contribution in [0.4, 0.5) is 4.39 Å². The highest BCUT2D eigenvalue weighted by Crippen LogP contribution is 2.27. The number of amides is 1. The first-order chi connectivity index (χ1) is 11.6. The standard InChI is InChI=1S/C18H16FN3O2/c1-11-5-4-8-22-16(19)15(20-17(11)22)18(24)21-9-12-6-2-3-7-13(12)14(23)10-21/h2-8,14,23H,9-10H2,1H3/t14-/m1/s1. The largest absolute Gasteiger partial charge is 0.387 e. The van der Waals surface area contributed by atoms with Crippen LogP contribution in [0.15, 0.2) is 42.6 Å². The number of halogens is 1. The van der Waals surface area contributed by atoms with E-state index >= 15 is 0 Å². The minimum atomic E-state index is -0.777. The van der Waals surface area contributed by atoms with Crippen molar-refractivity contribution >= 4 is 11.6 Å². The Labute approximate surface area is 138 Å². The number of benzene rings is 1. The highest BCUT2D eigenvalue weighted by Gasteiger charge is 2.30. The van der Waals surface area contributed by atoms with Crippen LogP contribution in [0.25, 0.3) is 5.65 Å². The highest BCUT2D eigenvalue weighted by molar-refractivity contribution is 5.93. The van der Waals surface area contributed by atoms with E-state index in [0.29, 0.717) is 12.2 Å². The molecular formula is C18H16FN3O2. The third kappa shape index (κ3) is 2.18. The van der Waals surface area contributed by atoms with Gasteiger partial charge in [0, 0.05) is 12.7 Å². The Balaban J connectivity index is 1.73. The molecule has 1 aliphatic rings. The van der Waals surface area contributed by atoms with E-state index in [0.717, 1.165) is 16.7 Å². The summed E-state index contributed by atoms with van der Waals surface area (Å²) in [7, 11) is 0. The van der Waals surface area contributed by atoms with Crippen molar-refractivity contribution in [3.8, 4) is 0 Å². The Bertz CT molecular complexity index is 951. The molecule has 5 nitrogen and oxygen atoms in total. The molecule has 24 heavy (non-hydrogen) atoms. The van der Waals surface area contributed by atoms with Gasteiger partial charge >= 0.3 is 0 Å². The molecule has 3 aromatic rings. The van der Waals surface area contributed by atoms with Crippen LogP contribution in [0, 0.1) is 12.9 Å². The molecule has 0 saturated heterocycles. The van der Waals surface area contributed by atoms with Gasteiger partial charge in [-0.05, 0) is 29.7 Å². The Kier molecular flexibility index (Phi) is 3.35. The number of aliphatic hydroxyl groups is 1. The molecule has 4 rings (SSSR count). The fourth-order valence-corrected chi connectivity index (χ4v) is 3.20. The number of carbonyl (C=O) groups excluding carboxylic acids is 1. The lowest BCUT2D eigenvalue weighted by atomic mass is 9.97. The number of hydrogen-bond acceptors (Lipinski definition) is 3. The van der Waals surface area contributed by atoms with Crippen molar-refractivity contribution in [2.75, 3.05) is 6.54 Å². The molecule has 0 saturated carbocycles. The summed E-state index contributed by atoms with van der Waals surface area (Å²) >= 11 is 0. The summed E-state index contributed by atoms with van der Waals surface area (Å²) in [5.74, 6) is -1.18. The number of carbonyl (C=O) groups is 1. The van der Waals surface area contributed by atoms with E-state index in [9.17, 15) is 14.3 Å². The van der Waals surface area contributed by atoms with Gasteiger partial charge in [0.05, 0.1) is 12.6 Å². The van der Waals surface area contributed by atoms with Gasteiger partial charge in [-0.1, -0.05) is 30.3 Å². The maximum atomic E-state index is 14.6. The number of aromatic nitrogens is 2. The van der Waals surface area contributed by atoms with E-state index in [2.05, 4.69) is 4.98 Å². The van der Waals surface area contributed by atoms with Gasteiger partial charge in [-0.3, -0.25) is 9.20 Å². The minimum Gasteiger partial charge on any atom is -0.387 e. The molecule has 3 heterocycles. The maximum Gasteiger partial charge on any atom is 0.277 e. The fourth-order valence-electron chi connectivity index (χ4n) is 3.20. The number of aryl methyl sites for hydroxylation is 1. The third-order valence-electron chi connectivity index (χ3n) is 4.45. The van der Waals surface area contributed by atoms with Crippen LogP contribution >= 0.6 is 0 Å². The summed E-state index contributed by atoms with van der Waals surface area (Å²) in [6.45, 7) is 2.28. The summed E-state index contributed by atoms with van der Waals surface area (Å²) in [6.07, 6.45) is 0.766. The number of β-amino-alcohol motifs (C(OH)–C–C–N with tert-alkyl or cyclic N) is 1. The van der Waals surface area contributed by atoms with Crippen LogP contribution in [-0.2, 0) is 6.54 Å². The summed E-state index contributed by atoms with van der Waals surface area (Å²) < 4.78 is 15.9. The van der Waals surface area contributed by atoms with Crippen molar-refractivity contribution in [1.29, 1.82) is 0 Å². The molecule has 1 amide bonds. The number of rotatable bonds is 1. The molecular weight excluding hydrogens is 309 g/mol. The molecule has 0 radical (unpaired) electrons. The number of pyridine rings is 1. The van der Waals surface area contributed by atoms with E-state index in [1.54, 1.807) is 12.3 Å². The van der Waals surface area contributed by atoms with Gasteiger partial charge in [0.2, 0.25) is 5.95 Å².